The molecule has 0 unspecified atom stereocenters. The average molecular weight is 569 g/mol. The Labute approximate surface area is 223 Å². The van der Waals surface area contributed by atoms with Crippen LogP contribution in [0, 0.1) is 23.3 Å². The number of phenolic OH excluding ortho intramolecular Hbond substituents is 1. The smallest absolute Gasteiger partial charge is 0.267 e. The lowest BCUT2D eigenvalue weighted by atomic mass is 9.99. The molecule has 0 atom stereocenters. The summed E-state index contributed by atoms with van der Waals surface area (Å²) in [4.78, 5) is 29.8. The molecule has 40 heavy (non-hydrogen) atoms. The lowest BCUT2D eigenvalue weighted by Crippen LogP contribution is -2.18. The SMILES string of the molecule is O=Cc1ccc(-c2cnc3[nH]cc(C(=O)c4c(F)ccc(NS(=O)(=O)c5c(F)cccc5F)c4F)c3c2)cc1O. The van der Waals surface area contributed by atoms with Crippen LogP contribution in [-0.4, -0.2) is 35.6 Å². The van der Waals surface area contributed by atoms with Gasteiger partial charge < -0.3 is 10.1 Å². The first-order valence-corrected chi connectivity index (χ1v) is 12.8. The van der Waals surface area contributed by atoms with E-state index in [0.717, 1.165) is 12.3 Å². The molecule has 0 saturated carbocycles. The second-order valence-electron chi connectivity index (χ2n) is 8.48. The van der Waals surface area contributed by atoms with E-state index in [1.165, 1.54) is 30.5 Å². The minimum absolute atomic E-state index is 0.0505. The highest BCUT2D eigenvalue weighted by Gasteiger charge is 2.29. The lowest BCUT2D eigenvalue weighted by molar-refractivity contribution is 0.103. The fourth-order valence-electron chi connectivity index (χ4n) is 4.08. The summed E-state index contributed by atoms with van der Waals surface area (Å²) in [5.41, 5.74) is -1.24. The second kappa shape index (κ2) is 9.93. The van der Waals surface area contributed by atoms with Gasteiger partial charge in [0.2, 0.25) is 5.78 Å². The number of anilines is 1. The molecule has 0 saturated heterocycles. The van der Waals surface area contributed by atoms with Gasteiger partial charge in [0, 0.05) is 28.9 Å². The van der Waals surface area contributed by atoms with E-state index in [0.29, 0.717) is 41.7 Å². The number of carbonyl (C=O) groups excluding carboxylic acids is 2. The van der Waals surface area contributed by atoms with Crippen LogP contribution in [0.5, 0.6) is 5.75 Å². The van der Waals surface area contributed by atoms with Crippen molar-refractivity contribution < 1.29 is 40.7 Å². The maximum Gasteiger partial charge on any atom is 0.267 e. The molecule has 5 rings (SSSR count). The molecule has 0 aliphatic rings. The molecular weight excluding hydrogens is 554 g/mol. The normalized spacial score (nSPS) is 11.5. The fourth-order valence-corrected chi connectivity index (χ4v) is 5.28. The number of halogens is 4. The number of carbonyl (C=O) groups is 2. The number of pyridine rings is 1. The number of sulfonamides is 1. The zero-order valence-electron chi connectivity index (χ0n) is 19.9. The van der Waals surface area contributed by atoms with Crippen molar-refractivity contribution in [3.05, 3.63) is 107 Å². The van der Waals surface area contributed by atoms with E-state index < -0.39 is 55.2 Å². The van der Waals surface area contributed by atoms with Crippen LogP contribution in [0.2, 0.25) is 0 Å². The van der Waals surface area contributed by atoms with Gasteiger partial charge in [0.05, 0.1) is 16.8 Å². The maximum atomic E-state index is 15.4. The number of aromatic nitrogens is 2. The van der Waals surface area contributed by atoms with Crippen molar-refractivity contribution in [3.63, 3.8) is 0 Å². The molecule has 0 spiro atoms. The Bertz CT molecular complexity index is 1940. The first-order valence-electron chi connectivity index (χ1n) is 11.3. The summed E-state index contributed by atoms with van der Waals surface area (Å²) in [5.74, 6) is -7.30. The van der Waals surface area contributed by atoms with E-state index in [2.05, 4.69) is 9.97 Å². The predicted molar refractivity (Wildman–Crippen MR) is 136 cm³/mol. The number of ketones is 1. The number of aldehydes is 1. The Morgan fingerprint density at radius 1 is 0.950 bits per heavy atom. The number of hydrogen-bond donors (Lipinski definition) is 3. The lowest BCUT2D eigenvalue weighted by Gasteiger charge is -2.13. The van der Waals surface area contributed by atoms with E-state index in [1.54, 1.807) is 4.72 Å². The Balaban J connectivity index is 1.56. The van der Waals surface area contributed by atoms with Gasteiger partial charge in [0.1, 0.15) is 28.8 Å². The summed E-state index contributed by atoms with van der Waals surface area (Å²) < 4.78 is 85.2. The predicted octanol–water partition coefficient (Wildman–Crippen LogP) is 5.34. The summed E-state index contributed by atoms with van der Waals surface area (Å²) in [6.07, 6.45) is 3.02. The molecule has 0 aliphatic heterocycles. The number of nitrogens with zero attached hydrogens (tertiary/aromatic N) is 1. The Morgan fingerprint density at radius 2 is 1.68 bits per heavy atom. The monoisotopic (exact) mass is 569 g/mol. The van der Waals surface area contributed by atoms with Crippen LogP contribution in [0.3, 0.4) is 0 Å². The standard InChI is InChI=1S/C27H15F4N3O5S/c28-18-6-7-21(34-40(38,39)26-19(29)2-1-3-20(26)30)24(31)23(18)25(37)17-11-33-27-16(17)8-15(10-32-27)13-4-5-14(12-35)22(36)9-13/h1-12,34,36H,(H,32,33). The zero-order valence-corrected chi connectivity index (χ0v) is 20.7. The van der Waals surface area contributed by atoms with Gasteiger partial charge in [-0.05, 0) is 48.0 Å². The number of fused-ring (bicyclic) bond motifs is 1. The summed E-state index contributed by atoms with van der Waals surface area (Å²) in [6.45, 7) is 0. The Kier molecular flexibility index (Phi) is 6.59. The van der Waals surface area contributed by atoms with Crippen LogP contribution in [0.25, 0.3) is 22.2 Å². The topological polar surface area (TPSA) is 129 Å². The number of phenols is 1. The van der Waals surface area contributed by atoms with Gasteiger partial charge in [-0.25, -0.2) is 31.0 Å². The molecular formula is C27H15F4N3O5S. The first-order chi connectivity index (χ1) is 19.0. The van der Waals surface area contributed by atoms with Crippen molar-refractivity contribution >= 4 is 38.8 Å². The van der Waals surface area contributed by atoms with Crippen LogP contribution in [0.15, 0.2) is 71.9 Å². The highest BCUT2D eigenvalue weighted by Crippen LogP contribution is 2.32. The third-order valence-electron chi connectivity index (χ3n) is 6.02. The summed E-state index contributed by atoms with van der Waals surface area (Å²) in [6, 6.07) is 9.26. The largest absolute Gasteiger partial charge is 0.507 e. The van der Waals surface area contributed by atoms with Crippen molar-refractivity contribution in [2.45, 2.75) is 4.90 Å². The van der Waals surface area contributed by atoms with Crippen molar-refractivity contribution in [2.24, 2.45) is 0 Å². The Morgan fingerprint density at radius 3 is 2.35 bits per heavy atom. The molecule has 5 aromatic rings. The van der Waals surface area contributed by atoms with Crippen LogP contribution in [0.1, 0.15) is 26.3 Å². The third-order valence-corrected chi connectivity index (χ3v) is 7.43. The van der Waals surface area contributed by atoms with Crippen LogP contribution in [0.4, 0.5) is 23.2 Å². The summed E-state index contributed by atoms with van der Waals surface area (Å²) in [5, 5.41) is 10.1. The number of aromatic hydroxyl groups is 1. The molecule has 3 N–H and O–H groups in total. The van der Waals surface area contributed by atoms with Gasteiger partial charge >= 0.3 is 0 Å². The third kappa shape index (κ3) is 4.56. The van der Waals surface area contributed by atoms with Gasteiger partial charge in [-0.1, -0.05) is 12.1 Å². The quantitative estimate of drug-likeness (QED) is 0.138. The molecule has 0 amide bonds. The van der Waals surface area contributed by atoms with Crippen molar-refractivity contribution in [3.8, 4) is 16.9 Å². The molecule has 0 radical (unpaired) electrons. The molecule has 13 heteroatoms. The van der Waals surface area contributed by atoms with E-state index >= 15 is 4.39 Å². The fraction of sp³-hybridized carbons (Fsp3) is 0. The molecule has 3 aromatic carbocycles. The molecule has 2 heterocycles. The van der Waals surface area contributed by atoms with Crippen LogP contribution >= 0.6 is 0 Å². The van der Waals surface area contributed by atoms with Gasteiger partial charge in [-0.15, -0.1) is 0 Å². The highest BCUT2D eigenvalue weighted by molar-refractivity contribution is 7.92. The number of aromatic amines is 1. The second-order valence-corrected chi connectivity index (χ2v) is 10.1. The summed E-state index contributed by atoms with van der Waals surface area (Å²) >= 11 is 0. The van der Waals surface area contributed by atoms with Crippen molar-refractivity contribution in [1.82, 2.24) is 9.97 Å². The van der Waals surface area contributed by atoms with E-state index in [4.69, 9.17) is 0 Å². The molecule has 0 fully saturated rings. The number of rotatable bonds is 7. The Hall–Kier alpha value is -5.04. The number of H-pyrrole nitrogens is 1. The maximum absolute atomic E-state index is 15.4. The van der Waals surface area contributed by atoms with Gasteiger partial charge in [0.25, 0.3) is 10.0 Å². The molecule has 8 nitrogen and oxygen atoms in total. The van der Waals surface area contributed by atoms with Crippen LogP contribution in [-0.2, 0) is 10.0 Å². The van der Waals surface area contributed by atoms with E-state index in [-0.39, 0.29) is 27.9 Å². The number of nitrogens with one attached hydrogen (secondary N) is 2. The summed E-state index contributed by atoms with van der Waals surface area (Å²) in [7, 11) is -5.02. The zero-order chi connectivity index (χ0) is 28.8. The minimum atomic E-state index is -5.02. The first kappa shape index (κ1) is 26.6. The number of hydrogen-bond acceptors (Lipinski definition) is 6. The average Bonchev–Trinajstić information content (AvgIpc) is 3.33. The molecule has 0 aliphatic carbocycles. The number of benzene rings is 3. The van der Waals surface area contributed by atoms with Gasteiger partial charge in [-0.2, -0.15) is 0 Å². The van der Waals surface area contributed by atoms with E-state index in [1.807, 2.05) is 0 Å². The minimum Gasteiger partial charge on any atom is -0.507 e. The van der Waals surface area contributed by atoms with Gasteiger partial charge in [0.15, 0.2) is 17.0 Å². The molecule has 2 aromatic heterocycles. The molecule has 202 valence electrons. The van der Waals surface area contributed by atoms with Crippen molar-refractivity contribution in [2.75, 3.05) is 4.72 Å². The highest BCUT2D eigenvalue weighted by atomic mass is 32.2. The van der Waals surface area contributed by atoms with Crippen molar-refractivity contribution in [1.29, 1.82) is 0 Å². The van der Waals surface area contributed by atoms with Gasteiger partial charge in [-0.3, -0.25) is 14.3 Å². The van der Waals surface area contributed by atoms with Crippen LogP contribution < -0.4 is 4.72 Å². The van der Waals surface area contributed by atoms with E-state index in [9.17, 15) is 36.3 Å². The molecule has 0 bridgehead atoms.